The van der Waals surface area contributed by atoms with E-state index < -0.39 is 0 Å². The number of methoxy groups -OCH3 is 1. The van der Waals surface area contributed by atoms with Crippen LogP contribution in [0.25, 0.3) is 22.3 Å². The Morgan fingerprint density at radius 1 is 1.00 bits per heavy atom. The van der Waals surface area contributed by atoms with E-state index in [1.165, 1.54) is 11.0 Å². The number of benzene rings is 2. The first-order valence-electron chi connectivity index (χ1n) is 9.49. The summed E-state index contributed by atoms with van der Waals surface area (Å²) in [7, 11) is 1.62. The molecule has 0 radical (unpaired) electrons. The summed E-state index contributed by atoms with van der Waals surface area (Å²) in [4.78, 5) is 14.0. The third-order valence-corrected chi connectivity index (χ3v) is 5.00. The van der Waals surface area contributed by atoms with Crippen LogP contribution in [0.2, 0.25) is 0 Å². The maximum atomic E-state index is 12.5. The van der Waals surface area contributed by atoms with E-state index in [2.05, 4.69) is 0 Å². The molecule has 0 amide bonds. The molecule has 1 fully saturated rings. The fourth-order valence-corrected chi connectivity index (χ4v) is 3.35. The van der Waals surface area contributed by atoms with Crippen LogP contribution in [-0.2, 0) is 4.74 Å². The molecule has 0 aliphatic carbocycles. The molecule has 0 unspecified atom stereocenters. The van der Waals surface area contributed by atoms with E-state index in [0.29, 0.717) is 29.1 Å². The molecule has 4 rings (SSSR count). The van der Waals surface area contributed by atoms with Crippen molar-refractivity contribution in [1.29, 1.82) is 0 Å². The number of ether oxygens (including phenoxy) is 3. The molecule has 0 bridgehead atoms. The van der Waals surface area contributed by atoms with Gasteiger partial charge in [0.1, 0.15) is 49.1 Å². The number of rotatable bonds is 6. The van der Waals surface area contributed by atoms with Crippen molar-refractivity contribution in [1.82, 2.24) is 0 Å². The van der Waals surface area contributed by atoms with Crippen LogP contribution in [0.5, 0.6) is 11.5 Å². The molecule has 2 heterocycles. The van der Waals surface area contributed by atoms with Gasteiger partial charge in [0.2, 0.25) is 0 Å². The first-order valence-corrected chi connectivity index (χ1v) is 9.49. The largest absolute Gasteiger partial charge is 1.00 e. The Labute approximate surface area is 175 Å². The molecule has 3 aromatic rings. The van der Waals surface area contributed by atoms with E-state index in [0.717, 1.165) is 44.2 Å². The number of quaternary nitrogens is 1. The lowest BCUT2D eigenvalue weighted by atomic mass is 10.1. The van der Waals surface area contributed by atoms with Crippen molar-refractivity contribution < 1.29 is 35.9 Å². The Morgan fingerprint density at radius 2 is 1.72 bits per heavy atom. The van der Waals surface area contributed by atoms with Crippen molar-refractivity contribution in [2.45, 2.75) is 0 Å². The van der Waals surface area contributed by atoms with Gasteiger partial charge in [-0.25, -0.2) is 0 Å². The van der Waals surface area contributed by atoms with Crippen LogP contribution in [0.15, 0.2) is 57.7 Å². The van der Waals surface area contributed by atoms with Crippen LogP contribution in [0.1, 0.15) is 0 Å². The molecule has 6 nitrogen and oxygen atoms in total. The molecule has 154 valence electrons. The second kappa shape index (κ2) is 9.78. The van der Waals surface area contributed by atoms with Gasteiger partial charge in [0.05, 0.1) is 25.7 Å². The van der Waals surface area contributed by atoms with Gasteiger partial charge in [0.25, 0.3) is 0 Å². The van der Waals surface area contributed by atoms with E-state index in [9.17, 15) is 4.79 Å². The van der Waals surface area contributed by atoms with Crippen LogP contribution in [-0.4, -0.2) is 46.6 Å². The standard InChI is InChI=1S/C22H23NO5.ClH/c1-25-17-4-2-16(3-5-17)21-15-20(24)19-7-6-18(14-22(19)28-21)27-13-10-23-8-11-26-12-9-23;/h2-7,14-15H,8-13H2,1H3;1H. The Kier molecular flexibility index (Phi) is 7.14. The lowest BCUT2D eigenvalue weighted by Crippen LogP contribution is -3.14. The molecule has 1 saturated heterocycles. The summed E-state index contributed by atoms with van der Waals surface area (Å²) >= 11 is 0. The van der Waals surface area contributed by atoms with Crippen molar-refractivity contribution in [2.24, 2.45) is 0 Å². The molecule has 2 aromatic carbocycles. The Morgan fingerprint density at radius 3 is 2.45 bits per heavy atom. The molecule has 0 saturated carbocycles. The minimum absolute atomic E-state index is 0. The topological polar surface area (TPSA) is 62.3 Å². The highest BCUT2D eigenvalue weighted by molar-refractivity contribution is 5.80. The van der Waals surface area contributed by atoms with E-state index in [1.54, 1.807) is 19.2 Å². The SMILES string of the molecule is COc1ccc(-c2cc(=O)c3ccc(OCC[NH+]4CCOCC4)cc3o2)cc1.[Cl-]. The Bertz CT molecular complexity index is 996. The van der Waals surface area contributed by atoms with Crippen molar-refractivity contribution in [3.8, 4) is 22.8 Å². The first kappa shape index (κ1) is 21.2. The van der Waals surface area contributed by atoms with Crippen molar-refractivity contribution >= 4 is 11.0 Å². The number of halogens is 1. The summed E-state index contributed by atoms with van der Waals surface area (Å²) in [5.74, 6) is 1.98. The zero-order valence-electron chi connectivity index (χ0n) is 16.3. The van der Waals surface area contributed by atoms with Gasteiger partial charge in [0, 0.05) is 17.7 Å². The normalized spacial score (nSPS) is 14.4. The maximum Gasteiger partial charge on any atom is 0.193 e. The third kappa shape index (κ3) is 5.09. The molecule has 0 atom stereocenters. The highest BCUT2D eigenvalue weighted by atomic mass is 35.5. The Balaban J connectivity index is 0.00000240. The molecule has 1 N–H and O–H groups in total. The monoisotopic (exact) mass is 417 g/mol. The van der Waals surface area contributed by atoms with Gasteiger partial charge < -0.3 is 35.9 Å². The van der Waals surface area contributed by atoms with Gasteiger partial charge in [-0.1, -0.05) is 0 Å². The third-order valence-electron chi connectivity index (χ3n) is 5.00. The predicted octanol–water partition coefficient (Wildman–Crippen LogP) is -1.23. The number of hydrogen-bond acceptors (Lipinski definition) is 5. The van der Waals surface area contributed by atoms with Crippen LogP contribution in [0.3, 0.4) is 0 Å². The zero-order chi connectivity index (χ0) is 19.3. The predicted molar refractivity (Wildman–Crippen MR) is 106 cm³/mol. The summed E-state index contributed by atoms with van der Waals surface area (Å²) in [5, 5.41) is 0.545. The fraction of sp³-hybridized carbons (Fsp3) is 0.318. The highest BCUT2D eigenvalue weighted by Gasteiger charge is 2.14. The molecular formula is C22H24ClNO5. The number of hydrogen-bond donors (Lipinski definition) is 1. The Hall–Kier alpha value is -2.54. The molecule has 1 aliphatic heterocycles. The van der Waals surface area contributed by atoms with Gasteiger partial charge >= 0.3 is 0 Å². The molecule has 1 aromatic heterocycles. The van der Waals surface area contributed by atoms with E-state index in [-0.39, 0.29) is 17.8 Å². The summed E-state index contributed by atoms with van der Waals surface area (Å²) in [6.45, 7) is 5.19. The average Bonchev–Trinajstić information content (AvgIpc) is 2.74. The van der Waals surface area contributed by atoms with Crippen LogP contribution in [0.4, 0.5) is 0 Å². The summed E-state index contributed by atoms with van der Waals surface area (Å²) < 4.78 is 22.4. The minimum atomic E-state index is -0.0728. The quantitative estimate of drug-likeness (QED) is 0.544. The maximum absolute atomic E-state index is 12.5. The number of fused-ring (bicyclic) bond motifs is 1. The summed E-state index contributed by atoms with van der Waals surface area (Å²) in [5.41, 5.74) is 1.27. The van der Waals surface area contributed by atoms with E-state index >= 15 is 0 Å². The van der Waals surface area contributed by atoms with Gasteiger partial charge in [-0.2, -0.15) is 0 Å². The summed E-state index contributed by atoms with van der Waals surface area (Å²) in [6, 6.07) is 14.3. The van der Waals surface area contributed by atoms with Crippen LogP contribution >= 0.6 is 0 Å². The number of nitrogens with one attached hydrogen (secondary N) is 1. The van der Waals surface area contributed by atoms with E-state index in [1.807, 2.05) is 30.3 Å². The second-order valence-corrected chi connectivity index (χ2v) is 6.82. The minimum Gasteiger partial charge on any atom is -1.00 e. The van der Waals surface area contributed by atoms with E-state index in [4.69, 9.17) is 18.6 Å². The average molecular weight is 418 g/mol. The second-order valence-electron chi connectivity index (χ2n) is 6.82. The fourth-order valence-electron chi connectivity index (χ4n) is 3.35. The van der Waals surface area contributed by atoms with Gasteiger partial charge in [-0.15, -0.1) is 0 Å². The van der Waals surface area contributed by atoms with Gasteiger partial charge in [0.15, 0.2) is 5.43 Å². The van der Waals surface area contributed by atoms with Crippen molar-refractivity contribution in [3.63, 3.8) is 0 Å². The number of morpholine rings is 1. The molecule has 7 heteroatoms. The molecule has 0 spiro atoms. The molecule has 29 heavy (non-hydrogen) atoms. The molecular weight excluding hydrogens is 394 g/mol. The van der Waals surface area contributed by atoms with Crippen molar-refractivity contribution in [2.75, 3.05) is 46.6 Å². The molecule has 1 aliphatic rings. The first-order chi connectivity index (χ1) is 13.7. The van der Waals surface area contributed by atoms with Gasteiger partial charge in [-0.3, -0.25) is 4.79 Å². The van der Waals surface area contributed by atoms with Crippen LogP contribution in [0, 0.1) is 0 Å². The zero-order valence-corrected chi connectivity index (χ0v) is 17.0. The van der Waals surface area contributed by atoms with Crippen LogP contribution < -0.4 is 32.2 Å². The van der Waals surface area contributed by atoms with Crippen molar-refractivity contribution in [3.05, 3.63) is 58.8 Å². The lowest BCUT2D eigenvalue weighted by Gasteiger charge is -2.23. The van der Waals surface area contributed by atoms with Gasteiger partial charge in [-0.05, 0) is 36.4 Å². The lowest BCUT2D eigenvalue weighted by molar-refractivity contribution is -0.908. The summed E-state index contributed by atoms with van der Waals surface area (Å²) in [6.07, 6.45) is 0. The highest BCUT2D eigenvalue weighted by Crippen LogP contribution is 2.26. The smallest absolute Gasteiger partial charge is 0.193 e.